The Balaban J connectivity index is 3.02. The fraction of sp³-hybridized carbons (Fsp3) is 0.111. The highest BCUT2D eigenvalue weighted by Crippen LogP contribution is 2.23. The van der Waals surface area contributed by atoms with E-state index in [0.29, 0.717) is 26.8 Å². The molecule has 0 saturated heterocycles. The second kappa shape index (κ2) is 3.26. The lowest BCUT2D eigenvalue weighted by Gasteiger charge is -2.01. The summed E-state index contributed by atoms with van der Waals surface area (Å²) in [5, 5.41) is 1.23. The second-order valence-corrected chi connectivity index (χ2v) is 3.78. The number of aromatic nitrogens is 2. The molecular weight excluding hydrogens is 223 g/mol. The molecule has 3 nitrogen and oxygen atoms in total. The maximum atomic E-state index is 11.5. The van der Waals surface area contributed by atoms with Gasteiger partial charge >= 0.3 is 0 Å². The maximum Gasteiger partial charge on any atom is 0.258 e. The van der Waals surface area contributed by atoms with Gasteiger partial charge in [0.05, 0.1) is 15.9 Å². The lowest BCUT2D eigenvalue weighted by molar-refractivity contribution is 1.06. The molecule has 1 aromatic carbocycles. The van der Waals surface area contributed by atoms with E-state index in [9.17, 15) is 4.79 Å². The number of benzene rings is 1. The molecule has 0 atom stereocenters. The number of hydrogen-bond acceptors (Lipinski definition) is 2. The average Bonchev–Trinajstić information content (AvgIpc) is 2.07. The van der Waals surface area contributed by atoms with E-state index in [1.807, 2.05) is 0 Å². The number of nitrogens with one attached hydrogen (secondary N) is 1. The van der Waals surface area contributed by atoms with Crippen molar-refractivity contribution in [3.8, 4) is 0 Å². The molecular formula is C9H6Cl2N2O. The fourth-order valence-corrected chi connectivity index (χ4v) is 1.82. The van der Waals surface area contributed by atoms with E-state index < -0.39 is 0 Å². The van der Waals surface area contributed by atoms with Crippen LogP contribution in [0.5, 0.6) is 0 Å². The van der Waals surface area contributed by atoms with Gasteiger partial charge in [0.25, 0.3) is 5.56 Å². The molecule has 1 heterocycles. The first-order valence-electron chi connectivity index (χ1n) is 3.93. The summed E-state index contributed by atoms with van der Waals surface area (Å²) in [6.07, 6.45) is 0. The summed E-state index contributed by atoms with van der Waals surface area (Å²) in [6.45, 7) is 1.70. The van der Waals surface area contributed by atoms with E-state index in [4.69, 9.17) is 23.2 Å². The Morgan fingerprint density at radius 2 is 2.07 bits per heavy atom. The number of hydrogen-bond donors (Lipinski definition) is 1. The molecule has 1 N–H and O–H groups in total. The fourth-order valence-electron chi connectivity index (χ4n) is 1.28. The molecule has 14 heavy (non-hydrogen) atoms. The SMILES string of the molecule is Cc1nc2c(Cl)cc(Cl)cc2c(=O)[nH]1. The van der Waals surface area contributed by atoms with Crippen molar-refractivity contribution in [3.05, 3.63) is 38.4 Å². The van der Waals surface area contributed by atoms with Gasteiger partial charge in [-0.2, -0.15) is 0 Å². The van der Waals surface area contributed by atoms with Crippen LogP contribution in [0.3, 0.4) is 0 Å². The highest BCUT2D eigenvalue weighted by Gasteiger charge is 2.06. The largest absolute Gasteiger partial charge is 0.310 e. The maximum absolute atomic E-state index is 11.5. The molecule has 0 aliphatic heterocycles. The Hall–Kier alpha value is -1.06. The van der Waals surface area contributed by atoms with Crippen molar-refractivity contribution >= 4 is 34.1 Å². The van der Waals surface area contributed by atoms with Crippen LogP contribution in [0.2, 0.25) is 10.0 Å². The van der Waals surface area contributed by atoms with E-state index >= 15 is 0 Å². The Morgan fingerprint density at radius 1 is 1.36 bits per heavy atom. The average molecular weight is 229 g/mol. The van der Waals surface area contributed by atoms with Gasteiger partial charge in [0, 0.05) is 5.02 Å². The van der Waals surface area contributed by atoms with Crippen LogP contribution in [0, 0.1) is 6.92 Å². The molecule has 0 amide bonds. The molecule has 0 spiro atoms. The lowest BCUT2D eigenvalue weighted by Crippen LogP contribution is -2.09. The van der Waals surface area contributed by atoms with Crippen molar-refractivity contribution in [1.29, 1.82) is 0 Å². The Bertz CT molecular complexity index is 562. The minimum Gasteiger partial charge on any atom is -0.310 e. The lowest BCUT2D eigenvalue weighted by atomic mass is 10.2. The third kappa shape index (κ3) is 1.49. The van der Waals surface area contributed by atoms with Crippen LogP contribution in [0.4, 0.5) is 0 Å². The highest BCUT2D eigenvalue weighted by molar-refractivity contribution is 6.38. The number of halogens is 2. The molecule has 0 aliphatic carbocycles. The zero-order valence-electron chi connectivity index (χ0n) is 7.27. The highest BCUT2D eigenvalue weighted by atomic mass is 35.5. The van der Waals surface area contributed by atoms with Crippen molar-refractivity contribution in [1.82, 2.24) is 9.97 Å². The van der Waals surface area contributed by atoms with E-state index in [2.05, 4.69) is 9.97 Å². The smallest absolute Gasteiger partial charge is 0.258 e. The molecule has 0 fully saturated rings. The van der Waals surface area contributed by atoms with Gasteiger partial charge in [-0.1, -0.05) is 23.2 Å². The van der Waals surface area contributed by atoms with Crippen molar-refractivity contribution in [2.75, 3.05) is 0 Å². The third-order valence-corrected chi connectivity index (χ3v) is 2.35. The number of H-pyrrole nitrogens is 1. The van der Waals surface area contributed by atoms with Gasteiger partial charge in [-0.25, -0.2) is 4.98 Å². The van der Waals surface area contributed by atoms with Crippen molar-refractivity contribution in [2.45, 2.75) is 6.92 Å². The number of nitrogens with zero attached hydrogens (tertiary/aromatic N) is 1. The normalized spacial score (nSPS) is 10.8. The molecule has 0 unspecified atom stereocenters. The summed E-state index contributed by atoms with van der Waals surface area (Å²) in [6, 6.07) is 3.12. The summed E-state index contributed by atoms with van der Waals surface area (Å²) in [4.78, 5) is 18.2. The number of aryl methyl sites for hydroxylation is 1. The van der Waals surface area contributed by atoms with Crippen molar-refractivity contribution in [3.63, 3.8) is 0 Å². The minimum absolute atomic E-state index is 0.225. The van der Waals surface area contributed by atoms with Gasteiger partial charge < -0.3 is 4.98 Å². The second-order valence-electron chi connectivity index (χ2n) is 2.94. The van der Waals surface area contributed by atoms with Gasteiger partial charge in [-0.15, -0.1) is 0 Å². The molecule has 2 aromatic rings. The van der Waals surface area contributed by atoms with Crippen LogP contribution < -0.4 is 5.56 Å². The predicted molar refractivity (Wildman–Crippen MR) is 57.1 cm³/mol. The summed E-state index contributed by atoms with van der Waals surface area (Å²) in [5.41, 5.74) is 0.259. The third-order valence-electron chi connectivity index (χ3n) is 1.85. The Labute approximate surface area is 89.7 Å². The van der Waals surface area contributed by atoms with E-state index in [-0.39, 0.29) is 5.56 Å². The van der Waals surface area contributed by atoms with Gasteiger partial charge in [0.1, 0.15) is 5.82 Å². The van der Waals surface area contributed by atoms with Gasteiger partial charge in [0.2, 0.25) is 0 Å². The summed E-state index contributed by atoms with van der Waals surface area (Å²) < 4.78 is 0. The standard InChI is InChI=1S/C9H6Cl2N2O/c1-4-12-8-6(9(14)13-4)2-5(10)3-7(8)11/h2-3H,1H3,(H,12,13,14). The van der Waals surface area contributed by atoms with Gasteiger partial charge in [-0.05, 0) is 19.1 Å². The monoisotopic (exact) mass is 228 g/mol. The van der Waals surface area contributed by atoms with Gasteiger partial charge in [0.15, 0.2) is 0 Å². The molecule has 5 heteroatoms. The number of rotatable bonds is 0. The Kier molecular flexibility index (Phi) is 2.21. The summed E-state index contributed by atoms with van der Waals surface area (Å²) in [5.74, 6) is 0.534. The van der Waals surface area contributed by atoms with Crippen LogP contribution in [0.1, 0.15) is 5.82 Å². The van der Waals surface area contributed by atoms with Crippen molar-refractivity contribution < 1.29 is 0 Å². The zero-order chi connectivity index (χ0) is 10.3. The van der Waals surface area contributed by atoms with Crippen LogP contribution >= 0.6 is 23.2 Å². The quantitative estimate of drug-likeness (QED) is 0.754. The van der Waals surface area contributed by atoms with Crippen LogP contribution in [0.25, 0.3) is 10.9 Å². The molecule has 2 rings (SSSR count). The summed E-state index contributed by atoms with van der Waals surface area (Å²) >= 11 is 11.7. The zero-order valence-corrected chi connectivity index (χ0v) is 8.78. The molecule has 0 bridgehead atoms. The molecule has 0 aliphatic rings. The molecule has 1 aromatic heterocycles. The number of fused-ring (bicyclic) bond motifs is 1. The minimum atomic E-state index is -0.225. The number of aromatic amines is 1. The molecule has 0 radical (unpaired) electrons. The van der Waals surface area contributed by atoms with E-state index in [1.165, 1.54) is 0 Å². The topological polar surface area (TPSA) is 45.8 Å². The predicted octanol–water partition coefficient (Wildman–Crippen LogP) is 2.54. The van der Waals surface area contributed by atoms with Crippen LogP contribution in [-0.2, 0) is 0 Å². The molecule has 72 valence electrons. The molecule has 0 saturated carbocycles. The van der Waals surface area contributed by atoms with Crippen molar-refractivity contribution in [2.24, 2.45) is 0 Å². The Morgan fingerprint density at radius 3 is 2.79 bits per heavy atom. The first-order valence-corrected chi connectivity index (χ1v) is 4.69. The van der Waals surface area contributed by atoms with Crippen LogP contribution in [0.15, 0.2) is 16.9 Å². The van der Waals surface area contributed by atoms with E-state index in [1.54, 1.807) is 19.1 Å². The van der Waals surface area contributed by atoms with Crippen LogP contribution in [-0.4, -0.2) is 9.97 Å². The first kappa shape index (κ1) is 9.49. The first-order chi connectivity index (χ1) is 6.58. The summed E-state index contributed by atoms with van der Waals surface area (Å²) in [7, 11) is 0. The van der Waals surface area contributed by atoms with Gasteiger partial charge in [-0.3, -0.25) is 4.79 Å². The van der Waals surface area contributed by atoms with E-state index in [0.717, 1.165) is 0 Å².